The predicted molar refractivity (Wildman–Crippen MR) is 78.4 cm³/mol. The van der Waals surface area contributed by atoms with E-state index < -0.39 is 9.84 Å². The fraction of sp³-hybridized carbons (Fsp3) is 0.462. The first-order chi connectivity index (χ1) is 9.46. The number of carbonyl (C=O) groups excluding carboxylic acids is 1. The second kappa shape index (κ2) is 6.56. The lowest BCUT2D eigenvalue weighted by Crippen LogP contribution is -2.40. The van der Waals surface area contributed by atoms with Gasteiger partial charge in [0, 0.05) is 17.6 Å². The molecule has 0 aromatic heterocycles. The molecule has 0 saturated carbocycles. The quantitative estimate of drug-likeness (QED) is 0.840. The maximum atomic E-state index is 11.7. The minimum atomic E-state index is -2.96. The van der Waals surface area contributed by atoms with E-state index in [1.54, 1.807) is 6.07 Å². The maximum Gasteiger partial charge on any atom is 0.234 e. The van der Waals surface area contributed by atoms with Crippen LogP contribution >= 0.6 is 11.6 Å². The maximum absolute atomic E-state index is 11.7. The van der Waals surface area contributed by atoms with Crippen LogP contribution in [-0.4, -0.2) is 38.4 Å². The number of nitrogens with one attached hydrogen (secondary N) is 2. The second-order valence-electron chi connectivity index (χ2n) is 4.86. The zero-order chi connectivity index (χ0) is 14.6. The van der Waals surface area contributed by atoms with E-state index in [0.717, 1.165) is 5.56 Å². The Morgan fingerprint density at radius 2 is 2.10 bits per heavy atom. The number of sulfone groups is 1. The molecule has 0 bridgehead atoms. The summed E-state index contributed by atoms with van der Waals surface area (Å²) in [6.45, 7) is 0.637. The summed E-state index contributed by atoms with van der Waals surface area (Å²) in [6.07, 6.45) is 0.499. The Bertz CT molecular complexity index is 589. The van der Waals surface area contributed by atoms with Crippen LogP contribution in [0.2, 0.25) is 5.02 Å². The van der Waals surface area contributed by atoms with Gasteiger partial charge in [-0.05, 0) is 18.1 Å². The topological polar surface area (TPSA) is 75.3 Å². The summed E-state index contributed by atoms with van der Waals surface area (Å²) < 4.78 is 22.6. The molecule has 0 radical (unpaired) electrons. The van der Waals surface area contributed by atoms with Gasteiger partial charge in [-0.1, -0.05) is 29.8 Å². The van der Waals surface area contributed by atoms with Gasteiger partial charge in [0.25, 0.3) is 0 Å². The fourth-order valence-corrected chi connectivity index (χ4v) is 4.02. The first-order valence-corrected chi connectivity index (χ1v) is 8.60. The molecule has 1 amide bonds. The molecule has 1 saturated heterocycles. The summed E-state index contributed by atoms with van der Waals surface area (Å²) in [4.78, 5) is 11.7. The standard InChI is InChI=1S/C13H17ClN2O3S/c14-12-4-2-1-3-10(12)7-15-8-13(17)16-11-5-6-20(18,19)9-11/h1-4,11,15H,5-9H2,(H,16,17). The van der Waals surface area contributed by atoms with E-state index in [4.69, 9.17) is 11.6 Å². The molecule has 1 aliphatic heterocycles. The van der Waals surface area contributed by atoms with E-state index in [1.807, 2.05) is 18.2 Å². The van der Waals surface area contributed by atoms with Crippen molar-refractivity contribution in [2.75, 3.05) is 18.1 Å². The average Bonchev–Trinajstić information content (AvgIpc) is 2.71. The number of halogens is 1. The first kappa shape index (κ1) is 15.3. The van der Waals surface area contributed by atoms with Gasteiger partial charge in [-0.3, -0.25) is 4.79 Å². The van der Waals surface area contributed by atoms with Crippen molar-refractivity contribution in [1.82, 2.24) is 10.6 Å². The third-order valence-electron chi connectivity index (χ3n) is 3.16. The molecule has 1 aromatic rings. The molecule has 7 heteroatoms. The van der Waals surface area contributed by atoms with Crippen LogP contribution in [0.15, 0.2) is 24.3 Å². The van der Waals surface area contributed by atoms with Crippen molar-refractivity contribution in [3.63, 3.8) is 0 Å². The molecule has 2 rings (SSSR count). The lowest BCUT2D eigenvalue weighted by Gasteiger charge is -2.11. The highest BCUT2D eigenvalue weighted by molar-refractivity contribution is 7.91. The van der Waals surface area contributed by atoms with Gasteiger partial charge in [-0.25, -0.2) is 8.42 Å². The highest BCUT2D eigenvalue weighted by Crippen LogP contribution is 2.14. The molecular formula is C13H17ClN2O3S. The summed E-state index contributed by atoms with van der Waals surface area (Å²) in [5.41, 5.74) is 0.922. The minimum Gasteiger partial charge on any atom is -0.351 e. The Balaban J connectivity index is 1.72. The predicted octanol–water partition coefficient (Wildman–Crippen LogP) is 0.733. The van der Waals surface area contributed by atoms with Crippen molar-refractivity contribution in [2.24, 2.45) is 0 Å². The second-order valence-corrected chi connectivity index (χ2v) is 7.50. The molecule has 5 nitrogen and oxygen atoms in total. The van der Waals surface area contributed by atoms with Crippen molar-refractivity contribution in [1.29, 1.82) is 0 Å². The van der Waals surface area contributed by atoms with Crippen LogP contribution in [0.25, 0.3) is 0 Å². The fourth-order valence-electron chi connectivity index (χ4n) is 2.14. The zero-order valence-corrected chi connectivity index (χ0v) is 12.5. The van der Waals surface area contributed by atoms with Crippen molar-refractivity contribution in [2.45, 2.75) is 19.0 Å². The van der Waals surface area contributed by atoms with E-state index in [2.05, 4.69) is 10.6 Å². The molecule has 1 atom stereocenters. The Hall–Kier alpha value is -1.11. The number of amides is 1. The van der Waals surface area contributed by atoms with Gasteiger partial charge in [0.15, 0.2) is 9.84 Å². The van der Waals surface area contributed by atoms with Crippen LogP contribution < -0.4 is 10.6 Å². The van der Waals surface area contributed by atoms with Gasteiger partial charge in [0.2, 0.25) is 5.91 Å². The van der Waals surface area contributed by atoms with Gasteiger partial charge >= 0.3 is 0 Å². The molecule has 0 spiro atoms. The van der Waals surface area contributed by atoms with Gasteiger partial charge in [0.1, 0.15) is 0 Å². The first-order valence-electron chi connectivity index (χ1n) is 6.40. The van der Waals surface area contributed by atoms with Gasteiger partial charge in [-0.15, -0.1) is 0 Å². The molecule has 20 heavy (non-hydrogen) atoms. The van der Waals surface area contributed by atoms with Crippen LogP contribution in [0.3, 0.4) is 0 Å². The lowest BCUT2D eigenvalue weighted by molar-refractivity contribution is -0.120. The average molecular weight is 317 g/mol. The Labute approximate surface area is 123 Å². The van der Waals surface area contributed by atoms with Crippen molar-refractivity contribution in [3.05, 3.63) is 34.9 Å². The number of benzene rings is 1. The van der Waals surface area contributed by atoms with Crippen LogP contribution in [-0.2, 0) is 21.2 Å². The lowest BCUT2D eigenvalue weighted by atomic mass is 10.2. The molecular weight excluding hydrogens is 300 g/mol. The summed E-state index contributed by atoms with van der Waals surface area (Å²) in [5, 5.41) is 6.37. The highest BCUT2D eigenvalue weighted by Gasteiger charge is 2.28. The van der Waals surface area contributed by atoms with E-state index >= 15 is 0 Å². The zero-order valence-electron chi connectivity index (χ0n) is 10.9. The highest BCUT2D eigenvalue weighted by atomic mass is 35.5. The monoisotopic (exact) mass is 316 g/mol. The molecule has 1 aliphatic rings. The van der Waals surface area contributed by atoms with Crippen LogP contribution in [0.5, 0.6) is 0 Å². The van der Waals surface area contributed by atoms with Gasteiger partial charge in [0.05, 0.1) is 18.1 Å². The number of hydrogen-bond acceptors (Lipinski definition) is 4. The normalized spacial score (nSPS) is 20.8. The Morgan fingerprint density at radius 1 is 1.35 bits per heavy atom. The largest absolute Gasteiger partial charge is 0.351 e. The summed E-state index contributed by atoms with van der Waals surface area (Å²) in [5.74, 6) is 0.00740. The molecule has 1 aromatic carbocycles. The van der Waals surface area contributed by atoms with E-state index in [1.165, 1.54) is 0 Å². The minimum absolute atomic E-state index is 0.0449. The molecule has 1 unspecified atom stereocenters. The smallest absolute Gasteiger partial charge is 0.234 e. The van der Waals surface area contributed by atoms with E-state index in [-0.39, 0.29) is 30.0 Å². The van der Waals surface area contributed by atoms with Gasteiger partial charge in [-0.2, -0.15) is 0 Å². The van der Waals surface area contributed by atoms with Crippen LogP contribution in [0, 0.1) is 0 Å². The Kier molecular flexibility index (Phi) is 5.01. The number of rotatable bonds is 5. The summed E-state index contributed by atoms with van der Waals surface area (Å²) >= 11 is 6.00. The summed E-state index contributed by atoms with van der Waals surface area (Å²) in [7, 11) is -2.96. The van der Waals surface area contributed by atoms with Gasteiger partial charge < -0.3 is 10.6 Å². The SMILES string of the molecule is O=C(CNCc1ccccc1Cl)NC1CCS(=O)(=O)C1. The molecule has 1 heterocycles. The van der Waals surface area contributed by atoms with Crippen molar-refractivity contribution < 1.29 is 13.2 Å². The number of carbonyl (C=O) groups is 1. The number of hydrogen-bond donors (Lipinski definition) is 2. The third-order valence-corrected chi connectivity index (χ3v) is 5.29. The van der Waals surface area contributed by atoms with Crippen LogP contribution in [0.1, 0.15) is 12.0 Å². The molecule has 2 N–H and O–H groups in total. The van der Waals surface area contributed by atoms with Crippen LogP contribution in [0.4, 0.5) is 0 Å². The van der Waals surface area contributed by atoms with E-state index in [9.17, 15) is 13.2 Å². The molecule has 1 fully saturated rings. The van der Waals surface area contributed by atoms with Crippen molar-refractivity contribution >= 4 is 27.3 Å². The van der Waals surface area contributed by atoms with E-state index in [0.29, 0.717) is 18.0 Å². The molecule has 0 aliphatic carbocycles. The summed E-state index contributed by atoms with van der Waals surface area (Å²) in [6, 6.07) is 7.15. The third kappa shape index (κ3) is 4.47. The molecule has 110 valence electrons. The Morgan fingerprint density at radius 3 is 2.75 bits per heavy atom. The van der Waals surface area contributed by atoms with Crippen molar-refractivity contribution in [3.8, 4) is 0 Å².